The number of hydrogen-bond donors (Lipinski definition) is 4. The maximum Gasteiger partial charge on any atom is 0.227 e. The lowest BCUT2D eigenvalue weighted by Gasteiger charge is -2.24. The number of benzene rings is 2. The Morgan fingerprint density at radius 2 is 0.754 bits per heavy atom. The molecule has 1 aliphatic rings. The van der Waals surface area contributed by atoms with E-state index in [9.17, 15) is 4.57 Å². The van der Waals surface area contributed by atoms with Crippen molar-refractivity contribution in [2.45, 2.75) is 32.7 Å². The minimum absolute atomic E-state index is 0.526. The molecule has 1 aliphatic heterocycles. The Morgan fingerprint density at radius 3 is 1.04 bits per heavy atom. The number of hydrogen-bond acceptors (Lipinski definition) is 9. The zero-order chi connectivity index (χ0) is 81.5. The summed E-state index contributed by atoms with van der Waals surface area (Å²) < 4.78 is 15.0. The van der Waals surface area contributed by atoms with Gasteiger partial charge in [-0.3, -0.25) is 0 Å². The van der Waals surface area contributed by atoms with Crippen molar-refractivity contribution < 1.29 is 4.57 Å². The minimum Gasteiger partial charge on any atom is -0.397 e. The molecule has 5 rings (SSSR count). The SMILES string of the molecule is Cc1cc(N(C)CCN(C)C)c(N)cc1Nc1ncc(CCP(C)(C)=O)c(-c2cn3c4c(cccc24)CCC3)n1.N=N/N=N/N=N/N=N/N=N/N=N/N=N/N=N/N=N/N=N/N=N/N=N/N=N/N=N/N=N/N=N/N=N/N=N/N=N/N=N/N=N/N=N/N=N/N=N/N=N/N=N/N=N/N=N/N=N/N=N/N=N/N=N/N=N/N=N/N=N/N=N/N=N. The van der Waals surface area contributed by atoms with Gasteiger partial charge in [-0.1, -0.05) is 18.2 Å². The summed E-state index contributed by atoms with van der Waals surface area (Å²) in [6, 6.07) is 10.7. The third kappa shape index (κ3) is 43.2. The highest BCUT2D eigenvalue weighted by Crippen LogP contribution is 2.40. The summed E-state index contributed by atoms with van der Waals surface area (Å²) in [5, 5.41) is 218. The van der Waals surface area contributed by atoms with Gasteiger partial charge in [-0.15, -0.1) is 0 Å². The number of nitrogens with zero attached hydrogens (tertiary/aromatic N) is 77. The Morgan fingerprint density at radius 1 is 0.447 bits per heavy atom. The zero-order valence-corrected chi connectivity index (χ0v) is 58.8. The number of nitrogens with one attached hydrogen (secondary N) is 3. The molecule has 0 unspecified atom stereocenters. The molecule has 114 heavy (non-hydrogen) atoms. The maximum absolute atomic E-state index is 12.6. The lowest BCUT2D eigenvalue weighted by Crippen LogP contribution is -2.29. The molecule has 5 N–H and O–H groups in total. The van der Waals surface area contributed by atoms with Crippen molar-refractivity contribution >= 4 is 41.1 Å². The molecule has 0 saturated carbocycles. The third-order valence-electron chi connectivity index (χ3n) is 10.6. The molecule has 584 valence electrons. The van der Waals surface area contributed by atoms with Crippen LogP contribution >= 0.6 is 7.14 Å². The van der Waals surface area contributed by atoms with Crippen molar-refractivity contribution in [3.05, 3.63) is 59.4 Å². The maximum atomic E-state index is 12.6. The number of para-hydroxylation sites is 1. The normalized spacial score (nSPS) is 14.7. The van der Waals surface area contributed by atoms with E-state index in [-0.39, 0.29) is 0 Å². The molecule has 0 atom stereocenters. The zero-order valence-electron chi connectivity index (χ0n) is 57.9. The topological polar surface area (TPSA) is 1030 Å². The van der Waals surface area contributed by atoms with E-state index < -0.39 is 7.14 Å². The van der Waals surface area contributed by atoms with Gasteiger partial charge in [-0.2, -0.15) is 11.1 Å². The fraction of sp³-hybridized carbons (Fsp3) is 0.419. The van der Waals surface area contributed by atoms with E-state index in [4.69, 9.17) is 26.8 Å². The molecule has 0 aliphatic carbocycles. The summed E-state index contributed by atoms with van der Waals surface area (Å²) in [4.78, 5) is 14.1. The van der Waals surface area contributed by atoms with Crippen molar-refractivity contribution in [2.24, 2.45) is 376 Å². The summed E-state index contributed by atoms with van der Waals surface area (Å²) in [6.45, 7) is 8.60. The van der Waals surface area contributed by atoms with Crippen molar-refractivity contribution in [3.8, 4) is 11.3 Å². The predicted molar refractivity (Wildman–Crippen MR) is 350 cm³/mol. The molecular formula is C31H44N81OP. The predicted octanol–water partition coefficient (Wildman–Crippen LogP) is 19.7. The average Bonchev–Trinajstić information content (AvgIpc) is 1.59. The number of rotatable bonds is 46. The van der Waals surface area contributed by atoms with Crippen LogP contribution in [0.1, 0.15) is 23.1 Å². The molecule has 0 amide bonds. The van der Waals surface area contributed by atoms with E-state index in [0.29, 0.717) is 24.2 Å². The second-order valence-electron chi connectivity index (χ2n) is 18.3. The van der Waals surface area contributed by atoms with Gasteiger partial charge in [0, 0.05) is 354 Å². The molecule has 3 heterocycles. The van der Waals surface area contributed by atoms with Crippen LogP contribution in [0.5, 0.6) is 0 Å². The number of anilines is 4. The second-order valence-corrected chi connectivity index (χ2v) is 21.9. The lowest BCUT2D eigenvalue weighted by atomic mass is 10.0. The quantitative estimate of drug-likeness (QED) is 0.0143. The molecule has 2 aromatic carbocycles. The van der Waals surface area contributed by atoms with Crippen LogP contribution in [0, 0.1) is 18.0 Å². The van der Waals surface area contributed by atoms with Crippen molar-refractivity contribution in [3.63, 3.8) is 0 Å². The van der Waals surface area contributed by atoms with Gasteiger partial charge in [-0.05, 0) is 166 Å². The van der Waals surface area contributed by atoms with Crippen molar-refractivity contribution in [1.29, 1.82) is 11.1 Å². The highest BCUT2D eigenvalue weighted by atomic mass is 31.2. The molecule has 0 radical (unpaired) electrons. The molecular weight excluding hydrogens is 1550 g/mol. The Bertz CT molecular complexity index is 4630. The van der Waals surface area contributed by atoms with Gasteiger partial charge in [-0.25, -0.2) is 9.97 Å². The fourth-order valence-corrected chi connectivity index (χ4v) is 7.52. The summed E-state index contributed by atoms with van der Waals surface area (Å²) in [5.74, 6) is 0.526. The first kappa shape index (κ1) is 88.2. The monoisotopic (exact) mass is 1600 g/mol. The number of nitrogen functional groups attached to an aromatic ring is 1. The molecule has 0 fully saturated rings. The van der Waals surface area contributed by atoms with Crippen LogP contribution < -0.4 is 16.0 Å². The lowest BCUT2D eigenvalue weighted by molar-refractivity contribution is 0.416. The Kier molecular flexibility index (Phi) is 45.8. The average molecular weight is 1600 g/mol. The first-order valence-electron chi connectivity index (χ1n) is 28.7. The van der Waals surface area contributed by atoms with Gasteiger partial charge in [0.25, 0.3) is 0 Å². The second kappa shape index (κ2) is 59.1. The van der Waals surface area contributed by atoms with Crippen LogP contribution in [-0.4, -0.2) is 73.2 Å². The van der Waals surface area contributed by atoms with Crippen LogP contribution in [0.25, 0.3) is 22.2 Å². The highest BCUT2D eigenvalue weighted by Gasteiger charge is 2.22. The first-order valence-corrected chi connectivity index (χ1v) is 31.5. The largest absolute Gasteiger partial charge is 0.397 e. The van der Waals surface area contributed by atoms with Gasteiger partial charge in [0.05, 0.1) is 29.7 Å². The highest BCUT2D eigenvalue weighted by molar-refractivity contribution is 7.62. The number of aromatic nitrogens is 3. The van der Waals surface area contributed by atoms with E-state index >= 15 is 0 Å². The minimum atomic E-state index is -2.19. The molecule has 2 aromatic heterocycles. The van der Waals surface area contributed by atoms with E-state index in [0.717, 1.165) is 66.2 Å². The molecule has 4 aromatic rings. The van der Waals surface area contributed by atoms with Gasteiger partial charge in [0.1, 0.15) is 0 Å². The number of likely N-dealkylation sites (N-methyl/N-ethyl adjacent to an activating group) is 2. The summed E-state index contributed by atoms with van der Waals surface area (Å²) in [5.41, 5.74) is 28.4. The summed E-state index contributed by atoms with van der Waals surface area (Å²) in [6.07, 6.45) is 7.67. The van der Waals surface area contributed by atoms with Crippen molar-refractivity contribution in [1.82, 2.24) is 19.4 Å². The number of aryl methyl sites for hydroxylation is 4. The molecule has 0 saturated heterocycles. The summed E-state index contributed by atoms with van der Waals surface area (Å²) >= 11 is 0. The van der Waals surface area contributed by atoms with Gasteiger partial charge in [0.15, 0.2) is 0 Å². The van der Waals surface area contributed by atoms with Gasteiger partial charge < -0.3 is 30.0 Å². The Balaban J connectivity index is 0.000000566. The van der Waals surface area contributed by atoms with Crippen LogP contribution in [0.4, 0.5) is 23.0 Å². The van der Waals surface area contributed by atoms with E-state index in [1.807, 2.05) is 25.6 Å². The number of nitrogens with two attached hydrogens (primary N) is 1. The standard InChI is InChI=1S/C31H42N7OP.H2N74/c1-21-17-28(37(4)15-14-36(2)3)26(32)18-27(21)34-31-33-19-23(12-16-40(5,6)39)29(35-31)25-20-38-13-8-10-22-9-7-11-24(25)30(22)38;1-3-5-7-9-11-13-15-17-19-21-23-25-27-29-31-33-35-37-39-41-43-45-47-49-51-53-55-57-59-61-63-65-67-69-71-73-74-72-70-68-66-64-62-60-58-56-54-52-50-48-46-44-42-40-38-36-34-32-30-28-26-24-22-20-18-16-14-12-10-8-6-4-2/h7,9,11,17-20H,8,10,12-16,32H2,1-6H3,(H,33,34,35);1-2H/b;3-1?,4-2?,7-5+,8-6+,11-9+,12-10+,15-13+,16-14+,19-17+,20-18+,23-21+,24-22+,27-25+,28-26+,31-29+,32-30+,35-33+,36-34+,39-37+,40-38+,43-41+,44-42+,47-45+,48-46+,51-49+,52-50+,55-53+,56-54+,59-57+,60-58+,63-61+,64-62+,67-65+,68-66+,71-69+,72-70+,74-73+. The molecule has 82 nitrogen and oxygen atoms in total. The van der Waals surface area contributed by atoms with E-state index in [1.54, 1.807) is 0 Å². The van der Waals surface area contributed by atoms with Crippen molar-refractivity contribution in [2.75, 3.05) is 69.7 Å². The first-order chi connectivity index (χ1) is 55.9. The molecule has 0 bridgehead atoms. The van der Waals surface area contributed by atoms with Crippen LogP contribution in [0.2, 0.25) is 0 Å². The smallest absolute Gasteiger partial charge is 0.227 e. The van der Waals surface area contributed by atoms with Crippen LogP contribution in [0.3, 0.4) is 0 Å². The van der Waals surface area contributed by atoms with Crippen LogP contribution in [0.15, 0.2) is 419 Å². The third-order valence-corrected chi connectivity index (χ3v) is 11.9. The molecule has 83 heteroatoms. The summed E-state index contributed by atoms with van der Waals surface area (Å²) in [7, 11) is 4.02. The van der Waals surface area contributed by atoms with E-state index in [1.165, 1.54) is 16.5 Å². The van der Waals surface area contributed by atoms with E-state index in [2.05, 4.69) is 454 Å². The Hall–Kier alpha value is -18.1. The fourth-order valence-electron chi connectivity index (χ4n) is 6.74. The van der Waals surface area contributed by atoms with Gasteiger partial charge >= 0.3 is 0 Å². The van der Waals surface area contributed by atoms with Crippen LogP contribution in [-0.2, 0) is 24.0 Å². The Labute approximate surface area is 624 Å². The van der Waals surface area contributed by atoms with Gasteiger partial charge in [0.2, 0.25) is 5.95 Å². The molecule has 0 spiro atoms.